The van der Waals surface area contributed by atoms with E-state index in [2.05, 4.69) is 12.3 Å². The first-order chi connectivity index (χ1) is 9.13. The van der Waals surface area contributed by atoms with Gasteiger partial charge in [-0.25, -0.2) is 5.84 Å². The van der Waals surface area contributed by atoms with Crippen LogP contribution >= 0.6 is 11.3 Å². The highest BCUT2D eigenvalue weighted by Crippen LogP contribution is 2.26. The molecule has 2 rings (SSSR count). The Hall–Kier alpha value is -1.40. The van der Waals surface area contributed by atoms with Gasteiger partial charge in [-0.3, -0.25) is 15.0 Å². The summed E-state index contributed by atoms with van der Waals surface area (Å²) in [4.78, 5) is 26.7. The number of nitrogen functional groups attached to an aromatic ring is 1. The molecule has 1 aromatic heterocycles. The molecule has 0 aliphatic carbocycles. The summed E-state index contributed by atoms with van der Waals surface area (Å²) in [6.07, 6.45) is 2.88. The zero-order chi connectivity index (χ0) is 13.8. The number of likely N-dealkylation sites (tertiary alicyclic amines) is 1. The lowest BCUT2D eigenvalue weighted by Gasteiger charge is -2.15. The second-order valence-corrected chi connectivity index (χ2v) is 6.04. The summed E-state index contributed by atoms with van der Waals surface area (Å²) in [6, 6.07) is 3.63. The van der Waals surface area contributed by atoms with E-state index >= 15 is 0 Å². The summed E-state index contributed by atoms with van der Waals surface area (Å²) in [5, 5.41) is 0. The van der Waals surface area contributed by atoms with Gasteiger partial charge in [-0.15, -0.1) is 11.3 Å². The number of nitrogens with zero attached hydrogens (tertiary/aromatic N) is 1. The third kappa shape index (κ3) is 3.33. The van der Waals surface area contributed by atoms with E-state index in [-0.39, 0.29) is 11.8 Å². The number of nitrogens with one attached hydrogen (secondary N) is 1. The highest BCUT2D eigenvalue weighted by molar-refractivity contribution is 7.14. The molecule has 1 saturated heterocycles. The van der Waals surface area contributed by atoms with Crippen molar-refractivity contribution in [1.29, 1.82) is 0 Å². The van der Waals surface area contributed by atoms with Crippen LogP contribution in [0.25, 0.3) is 0 Å². The molecule has 1 aliphatic heterocycles. The monoisotopic (exact) mass is 281 g/mol. The van der Waals surface area contributed by atoms with Gasteiger partial charge in [-0.2, -0.15) is 0 Å². The molecule has 1 atom stereocenters. The van der Waals surface area contributed by atoms with Gasteiger partial charge in [-0.1, -0.05) is 13.3 Å². The zero-order valence-corrected chi connectivity index (χ0v) is 11.8. The quantitative estimate of drug-likeness (QED) is 0.488. The van der Waals surface area contributed by atoms with Crippen LogP contribution in [0.4, 0.5) is 0 Å². The van der Waals surface area contributed by atoms with E-state index in [4.69, 9.17) is 5.84 Å². The Morgan fingerprint density at radius 3 is 3.05 bits per heavy atom. The van der Waals surface area contributed by atoms with E-state index in [0.717, 1.165) is 24.3 Å². The Bertz CT molecular complexity index is 472. The summed E-state index contributed by atoms with van der Waals surface area (Å²) < 4.78 is 0. The molecule has 2 heterocycles. The van der Waals surface area contributed by atoms with Crippen molar-refractivity contribution in [1.82, 2.24) is 10.3 Å². The normalized spacial score (nSPS) is 18.9. The number of thiophene rings is 1. The van der Waals surface area contributed by atoms with Crippen LogP contribution in [-0.4, -0.2) is 23.3 Å². The minimum Gasteiger partial charge on any atom is -0.337 e. The van der Waals surface area contributed by atoms with Crippen LogP contribution in [0.15, 0.2) is 12.1 Å². The van der Waals surface area contributed by atoms with Gasteiger partial charge in [0, 0.05) is 17.8 Å². The summed E-state index contributed by atoms with van der Waals surface area (Å²) in [7, 11) is 0. The van der Waals surface area contributed by atoms with Gasteiger partial charge >= 0.3 is 0 Å². The number of hydrogen-bond donors (Lipinski definition) is 2. The molecule has 1 unspecified atom stereocenters. The van der Waals surface area contributed by atoms with E-state index in [1.165, 1.54) is 11.3 Å². The molecule has 104 valence electrons. The molecule has 0 radical (unpaired) electrons. The fourth-order valence-corrected chi connectivity index (χ4v) is 3.38. The molecule has 2 amide bonds. The van der Waals surface area contributed by atoms with Gasteiger partial charge in [0.25, 0.3) is 5.91 Å². The van der Waals surface area contributed by atoms with Gasteiger partial charge in [0.15, 0.2) is 0 Å². The first-order valence-corrected chi connectivity index (χ1v) is 7.33. The van der Waals surface area contributed by atoms with Crippen LogP contribution in [-0.2, 0) is 11.3 Å². The second-order valence-electron chi connectivity index (χ2n) is 4.87. The van der Waals surface area contributed by atoms with Crippen LogP contribution in [0.2, 0.25) is 0 Å². The van der Waals surface area contributed by atoms with Crippen LogP contribution in [0.5, 0.6) is 0 Å². The third-order valence-electron chi connectivity index (χ3n) is 3.35. The topological polar surface area (TPSA) is 75.4 Å². The van der Waals surface area contributed by atoms with E-state index in [9.17, 15) is 9.59 Å². The van der Waals surface area contributed by atoms with Crippen LogP contribution in [0, 0.1) is 5.92 Å². The van der Waals surface area contributed by atoms with Gasteiger partial charge < -0.3 is 4.90 Å². The molecule has 0 bridgehead atoms. The first kappa shape index (κ1) is 14.0. The lowest BCUT2D eigenvalue weighted by Crippen LogP contribution is -2.29. The lowest BCUT2D eigenvalue weighted by molar-refractivity contribution is -0.128. The van der Waals surface area contributed by atoms with Gasteiger partial charge in [-0.05, 0) is 24.5 Å². The smallest absolute Gasteiger partial charge is 0.275 e. The number of hydrazine groups is 1. The fourth-order valence-electron chi connectivity index (χ4n) is 2.45. The van der Waals surface area contributed by atoms with Crippen molar-refractivity contribution < 1.29 is 9.59 Å². The van der Waals surface area contributed by atoms with E-state index in [0.29, 0.717) is 23.8 Å². The van der Waals surface area contributed by atoms with Crippen molar-refractivity contribution in [3.63, 3.8) is 0 Å². The number of carbonyl (C=O) groups excluding carboxylic acids is 2. The van der Waals surface area contributed by atoms with Crippen LogP contribution < -0.4 is 11.3 Å². The predicted molar refractivity (Wildman–Crippen MR) is 74.4 cm³/mol. The van der Waals surface area contributed by atoms with Gasteiger partial charge in [0.05, 0.1) is 11.4 Å². The van der Waals surface area contributed by atoms with Gasteiger partial charge in [0.1, 0.15) is 0 Å². The Morgan fingerprint density at radius 2 is 2.37 bits per heavy atom. The summed E-state index contributed by atoms with van der Waals surface area (Å²) in [5.74, 6) is 5.52. The van der Waals surface area contributed by atoms with E-state index in [1.807, 2.05) is 11.0 Å². The number of rotatable bonds is 5. The number of carbonyl (C=O) groups is 2. The minimum absolute atomic E-state index is 0.219. The Labute approximate surface area is 116 Å². The summed E-state index contributed by atoms with van der Waals surface area (Å²) >= 11 is 1.38. The highest BCUT2D eigenvalue weighted by atomic mass is 32.1. The van der Waals surface area contributed by atoms with Crippen molar-refractivity contribution in [3.05, 3.63) is 21.9 Å². The average molecular weight is 281 g/mol. The van der Waals surface area contributed by atoms with Crippen molar-refractivity contribution >= 4 is 23.2 Å². The standard InChI is InChI=1S/C13H19N3O2S/c1-2-3-9-6-12(17)16(7-9)8-10-4-5-11(19-10)13(18)15-14/h4-5,9H,2-3,6-8,14H2,1H3,(H,15,18). The molecule has 0 spiro atoms. The predicted octanol–water partition coefficient (Wildman–Crippen LogP) is 1.50. The fraction of sp³-hybridized carbons (Fsp3) is 0.538. The molecular weight excluding hydrogens is 262 g/mol. The number of hydrogen-bond acceptors (Lipinski definition) is 4. The Balaban J connectivity index is 1.96. The second kappa shape index (κ2) is 6.16. The lowest BCUT2D eigenvalue weighted by atomic mass is 10.0. The zero-order valence-electron chi connectivity index (χ0n) is 11.0. The maximum absolute atomic E-state index is 11.9. The summed E-state index contributed by atoms with van der Waals surface area (Å²) in [5.41, 5.74) is 2.11. The SMILES string of the molecule is CCCC1CC(=O)N(Cc2ccc(C(=O)NN)s2)C1. The molecule has 0 saturated carbocycles. The molecule has 5 nitrogen and oxygen atoms in total. The summed E-state index contributed by atoms with van der Waals surface area (Å²) in [6.45, 7) is 3.58. The maximum atomic E-state index is 11.9. The molecule has 3 N–H and O–H groups in total. The third-order valence-corrected chi connectivity index (χ3v) is 4.42. The Kier molecular flexibility index (Phi) is 4.55. The molecule has 6 heteroatoms. The highest BCUT2D eigenvalue weighted by Gasteiger charge is 2.29. The van der Waals surface area contributed by atoms with Crippen LogP contribution in [0.3, 0.4) is 0 Å². The maximum Gasteiger partial charge on any atom is 0.275 e. The molecule has 1 fully saturated rings. The molecule has 0 aromatic carbocycles. The van der Waals surface area contributed by atoms with Gasteiger partial charge in [0.2, 0.25) is 5.91 Å². The molecule has 1 aliphatic rings. The largest absolute Gasteiger partial charge is 0.337 e. The van der Waals surface area contributed by atoms with Crippen molar-refractivity contribution in [2.75, 3.05) is 6.54 Å². The number of nitrogens with two attached hydrogens (primary N) is 1. The minimum atomic E-state index is -0.284. The first-order valence-electron chi connectivity index (χ1n) is 6.51. The van der Waals surface area contributed by atoms with Crippen molar-refractivity contribution in [2.24, 2.45) is 11.8 Å². The average Bonchev–Trinajstić information content (AvgIpc) is 2.98. The number of amides is 2. The molecule has 1 aromatic rings. The Morgan fingerprint density at radius 1 is 1.58 bits per heavy atom. The van der Waals surface area contributed by atoms with E-state index in [1.54, 1.807) is 6.07 Å². The van der Waals surface area contributed by atoms with Crippen molar-refractivity contribution in [2.45, 2.75) is 32.7 Å². The van der Waals surface area contributed by atoms with Crippen LogP contribution in [0.1, 0.15) is 40.7 Å². The van der Waals surface area contributed by atoms with Crippen molar-refractivity contribution in [3.8, 4) is 0 Å². The molecule has 19 heavy (non-hydrogen) atoms. The molecular formula is C13H19N3O2S. The van der Waals surface area contributed by atoms with E-state index < -0.39 is 0 Å².